The van der Waals surface area contributed by atoms with Gasteiger partial charge in [-0.25, -0.2) is 0 Å². The van der Waals surface area contributed by atoms with Gasteiger partial charge in [-0.05, 0) is 68.6 Å². The van der Waals surface area contributed by atoms with Gasteiger partial charge >= 0.3 is 0 Å². The van der Waals surface area contributed by atoms with Gasteiger partial charge in [0.05, 0.1) is 11.0 Å². The largest absolute Gasteiger partial charge is 0.389 e. The van der Waals surface area contributed by atoms with Crippen LogP contribution in [0, 0.1) is 28.6 Å². The van der Waals surface area contributed by atoms with E-state index in [1.165, 1.54) is 0 Å². The Hall–Kier alpha value is -0.700. The van der Waals surface area contributed by atoms with Crippen molar-refractivity contribution in [3.05, 3.63) is 0 Å². The number of rotatable bonds is 0. The van der Waals surface area contributed by atoms with E-state index in [0.717, 1.165) is 38.5 Å². The van der Waals surface area contributed by atoms with Crippen molar-refractivity contribution >= 4 is 11.6 Å². The molecule has 3 heteroatoms. The van der Waals surface area contributed by atoms with Gasteiger partial charge in [-0.15, -0.1) is 0 Å². The highest BCUT2D eigenvalue weighted by molar-refractivity contribution is 5.88. The molecule has 3 nitrogen and oxygen atoms in total. The first-order valence-electron chi connectivity index (χ1n) is 9.09. The second-order valence-electron chi connectivity index (χ2n) is 8.95. The van der Waals surface area contributed by atoms with E-state index in [1.54, 1.807) is 0 Å². The quantitative estimate of drug-likeness (QED) is 0.747. The fourth-order valence-corrected chi connectivity index (χ4v) is 6.78. The van der Waals surface area contributed by atoms with Crippen LogP contribution >= 0.6 is 0 Å². The topological polar surface area (TPSA) is 54.4 Å². The minimum absolute atomic E-state index is 0.194. The molecule has 4 fully saturated rings. The van der Waals surface area contributed by atoms with Crippen LogP contribution in [0.5, 0.6) is 0 Å². The maximum atomic E-state index is 12.4. The standard InChI is InChI=1S/C19H28O3/c1-17-8-5-13(20)11-12(17)3-4-15-14(17)6-9-18(2)16(21)7-10-19(15,18)22/h12,14-15,22H,3-11H2,1-2H3/t12-,14-,15-,17+,18-,19+/m0/s1. The second-order valence-corrected chi connectivity index (χ2v) is 8.95. The number of hydrogen-bond donors (Lipinski definition) is 1. The Kier molecular flexibility index (Phi) is 3.00. The molecule has 0 aromatic rings. The van der Waals surface area contributed by atoms with Gasteiger partial charge in [0.15, 0.2) is 0 Å². The Morgan fingerprint density at radius 2 is 1.73 bits per heavy atom. The van der Waals surface area contributed by atoms with Crippen LogP contribution in [-0.4, -0.2) is 22.3 Å². The fraction of sp³-hybridized carbons (Fsp3) is 0.895. The molecule has 122 valence electrons. The summed E-state index contributed by atoms with van der Waals surface area (Å²) in [6, 6.07) is 0. The minimum atomic E-state index is -0.789. The normalized spacial score (nSPS) is 54.6. The van der Waals surface area contributed by atoms with Gasteiger partial charge in [0, 0.05) is 19.3 Å². The molecule has 0 aliphatic heterocycles. The average Bonchev–Trinajstić information content (AvgIpc) is 2.72. The summed E-state index contributed by atoms with van der Waals surface area (Å²) in [5.74, 6) is 1.95. The van der Waals surface area contributed by atoms with Gasteiger partial charge in [0.1, 0.15) is 11.6 Å². The maximum absolute atomic E-state index is 12.4. The van der Waals surface area contributed by atoms with Crippen molar-refractivity contribution in [2.75, 3.05) is 0 Å². The van der Waals surface area contributed by atoms with E-state index in [0.29, 0.717) is 36.9 Å². The van der Waals surface area contributed by atoms with Crippen LogP contribution in [0.3, 0.4) is 0 Å². The zero-order chi connectivity index (χ0) is 15.8. The number of carbonyl (C=O) groups is 2. The molecule has 4 aliphatic rings. The molecular formula is C19H28O3. The molecular weight excluding hydrogens is 276 g/mol. The summed E-state index contributed by atoms with van der Waals surface area (Å²) in [7, 11) is 0. The van der Waals surface area contributed by atoms with E-state index < -0.39 is 11.0 Å². The molecule has 0 aromatic heterocycles. The van der Waals surface area contributed by atoms with Crippen LogP contribution in [0.4, 0.5) is 0 Å². The third kappa shape index (κ3) is 1.61. The smallest absolute Gasteiger partial charge is 0.141 e. The van der Waals surface area contributed by atoms with Crippen LogP contribution in [0.25, 0.3) is 0 Å². The molecule has 0 aromatic carbocycles. The van der Waals surface area contributed by atoms with Crippen LogP contribution < -0.4 is 0 Å². The second kappa shape index (κ2) is 4.43. The molecule has 4 saturated carbocycles. The fourth-order valence-electron chi connectivity index (χ4n) is 6.78. The molecule has 0 saturated heterocycles. The average molecular weight is 304 g/mol. The zero-order valence-electron chi connectivity index (χ0n) is 13.9. The van der Waals surface area contributed by atoms with Crippen LogP contribution in [0.1, 0.15) is 71.6 Å². The molecule has 0 heterocycles. The Bertz CT molecular complexity index is 541. The maximum Gasteiger partial charge on any atom is 0.141 e. The summed E-state index contributed by atoms with van der Waals surface area (Å²) < 4.78 is 0. The van der Waals surface area contributed by atoms with Crippen LogP contribution in [0.2, 0.25) is 0 Å². The first-order valence-corrected chi connectivity index (χ1v) is 9.09. The van der Waals surface area contributed by atoms with Crippen LogP contribution in [-0.2, 0) is 9.59 Å². The van der Waals surface area contributed by atoms with Crippen molar-refractivity contribution in [3.63, 3.8) is 0 Å². The van der Waals surface area contributed by atoms with Crippen molar-refractivity contribution in [1.29, 1.82) is 0 Å². The lowest BCUT2D eigenvalue weighted by Gasteiger charge is -2.61. The van der Waals surface area contributed by atoms with Crippen molar-refractivity contribution in [2.45, 2.75) is 77.2 Å². The van der Waals surface area contributed by atoms with Crippen molar-refractivity contribution in [3.8, 4) is 0 Å². The van der Waals surface area contributed by atoms with E-state index in [2.05, 4.69) is 6.92 Å². The van der Waals surface area contributed by atoms with Gasteiger partial charge in [0.2, 0.25) is 0 Å². The summed E-state index contributed by atoms with van der Waals surface area (Å²) in [4.78, 5) is 24.3. The highest BCUT2D eigenvalue weighted by Crippen LogP contribution is 2.66. The number of ketones is 2. The summed E-state index contributed by atoms with van der Waals surface area (Å²) in [6.07, 6.45) is 7.58. The molecule has 0 spiro atoms. The highest BCUT2D eigenvalue weighted by atomic mass is 16.3. The molecule has 0 bridgehead atoms. The zero-order valence-corrected chi connectivity index (χ0v) is 13.9. The van der Waals surface area contributed by atoms with Gasteiger partial charge < -0.3 is 5.11 Å². The van der Waals surface area contributed by atoms with Crippen molar-refractivity contribution < 1.29 is 14.7 Å². The number of aliphatic hydroxyl groups is 1. The Labute approximate surface area is 132 Å². The summed E-state index contributed by atoms with van der Waals surface area (Å²) in [5.41, 5.74) is -1.11. The monoisotopic (exact) mass is 304 g/mol. The predicted molar refractivity (Wildman–Crippen MR) is 83.2 cm³/mol. The van der Waals surface area contributed by atoms with Gasteiger partial charge in [0.25, 0.3) is 0 Å². The molecule has 4 rings (SSSR count). The highest BCUT2D eigenvalue weighted by Gasteiger charge is 2.67. The molecule has 22 heavy (non-hydrogen) atoms. The van der Waals surface area contributed by atoms with E-state index in [4.69, 9.17) is 0 Å². The van der Waals surface area contributed by atoms with E-state index in [-0.39, 0.29) is 17.1 Å². The Morgan fingerprint density at radius 3 is 2.50 bits per heavy atom. The third-order valence-corrected chi connectivity index (χ3v) is 8.38. The Morgan fingerprint density at radius 1 is 0.955 bits per heavy atom. The van der Waals surface area contributed by atoms with Gasteiger partial charge in [-0.3, -0.25) is 9.59 Å². The lowest BCUT2D eigenvalue weighted by atomic mass is 9.44. The van der Waals surface area contributed by atoms with Gasteiger partial charge in [-0.1, -0.05) is 6.92 Å². The summed E-state index contributed by atoms with van der Waals surface area (Å²) >= 11 is 0. The first kappa shape index (κ1) is 14.9. The predicted octanol–water partition coefficient (Wildman–Crippen LogP) is 3.28. The Balaban J connectivity index is 1.71. The third-order valence-electron chi connectivity index (χ3n) is 8.38. The minimum Gasteiger partial charge on any atom is -0.389 e. The lowest BCUT2D eigenvalue weighted by Crippen LogP contribution is -2.62. The number of carbonyl (C=O) groups excluding carboxylic acids is 2. The molecule has 6 atom stereocenters. The van der Waals surface area contributed by atoms with E-state index in [9.17, 15) is 14.7 Å². The molecule has 0 amide bonds. The van der Waals surface area contributed by atoms with Crippen LogP contribution in [0.15, 0.2) is 0 Å². The molecule has 1 N–H and O–H groups in total. The van der Waals surface area contributed by atoms with Crippen molar-refractivity contribution in [1.82, 2.24) is 0 Å². The first-order chi connectivity index (χ1) is 10.3. The number of Topliss-reactive ketones (excluding diaryl/α,β-unsaturated/α-hetero) is 2. The number of fused-ring (bicyclic) bond motifs is 5. The molecule has 0 radical (unpaired) electrons. The summed E-state index contributed by atoms with van der Waals surface area (Å²) in [6.45, 7) is 4.38. The van der Waals surface area contributed by atoms with E-state index in [1.807, 2.05) is 6.92 Å². The van der Waals surface area contributed by atoms with Gasteiger partial charge in [-0.2, -0.15) is 0 Å². The summed E-state index contributed by atoms with van der Waals surface area (Å²) in [5, 5.41) is 11.5. The molecule has 0 unspecified atom stereocenters. The molecule has 4 aliphatic carbocycles. The van der Waals surface area contributed by atoms with E-state index >= 15 is 0 Å². The SMILES string of the molecule is C[C@@]12CCC(=O)C[C@@H]1CC[C@H]1[C@@H]2CC[C@@]2(C)C(=O)CC[C@@]12O. The van der Waals surface area contributed by atoms with Crippen molar-refractivity contribution in [2.24, 2.45) is 28.6 Å². The number of hydrogen-bond acceptors (Lipinski definition) is 3. The lowest BCUT2D eigenvalue weighted by molar-refractivity contribution is -0.197.